The fourth-order valence-corrected chi connectivity index (χ4v) is 4.31. The summed E-state index contributed by atoms with van der Waals surface area (Å²) in [6, 6.07) is 22.3. The van der Waals surface area contributed by atoms with Crippen LogP contribution in [0.2, 0.25) is 0 Å². The minimum atomic E-state index is -4.35. The van der Waals surface area contributed by atoms with Crippen molar-refractivity contribution in [2.75, 3.05) is 0 Å². The van der Waals surface area contributed by atoms with E-state index in [4.69, 9.17) is 10.2 Å². The van der Waals surface area contributed by atoms with E-state index < -0.39 is 35.4 Å². The van der Waals surface area contributed by atoms with Gasteiger partial charge in [0, 0.05) is 19.2 Å². The molecule has 0 saturated carbocycles. The zero-order valence-electron chi connectivity index (χ0n) is 20.4. The highest BCUT2D eigenvalue weighted by Gasteiger charge is 2.30. The standard InChI is InChI=1S/C14H9F3O2S.C7H5BrO2.C7H5F3S/c15-14(16,17)10-4-6-11(7-5-10)20-12-3-1-2-9(8-12)13(18)19;8-6-4-2-1-3-5(6)7(9)10;8-7(9,10)5-1-3-6(11)4-2-5/h1-8H,(H,18,19);1-4H,(H,9,10);1-4,11H. The molecule has 0 fully saturated rings. The Bertz CT molecular complexity index is 1460. The van der Waals surface area contributed by atoms with E-state index in [1.54, 1.807) is 36.4 Å². The second-order valence-electron chi connectivity index (χ2n) is 7.79. The SMILES string of the molecule is FC(F)(F)c1ccc(S)cc1.O=C(O)c1cccc(Sc2ccc(C(F)(F)F)cc2)c1.O=C(O)c1ccccc1Br. The molecule has 4 aromatic rings. The third-order valence-electron chi connectivity index (χ3n) is 4.80. The van der Waals surface area contributed by atoms with Gasteiger partial charge in [-0.05, 0) is 94.8 Å². The van der Waals surface area contributed by atoms with E-state index in [1.165, 1.54) is 48.2 Å². The van der Waals surface area contributed by atoms with Crippen LogP contribution in [0.4, 0.5) is 26.3 Å². The third-order valence-corrected chi connectivity index (χ3v) is 6.78. The molecule has 0 aliphatic rings. The third kappa shape index (κ3) is 11.5. The number of hydrogen-bond acceptors (Lipinski definition) is 4. The van der Waals surface area contributed by atoms with Crippen molar-refractivity contribution < 1.29 is 46.1 Å². The highest BCUT2D eigenvalue weighted by atomic mass is 79.9. The van der Waals surface area contributed by atoms with E-state index in [0.29, 0.717) is 24.7 Å². The lowest BCUT2D eigenvalue weighted by Gasteiger charge is -2.07. The van der Waals surface area contributed by atoms with Crippen molar-refractivity contribution in [3.05, 3.63) is 124 Å². The van der Waals surface area contributed by atoms with Gasteiger partial charge in [0.1, 0.15) is 0 Å². The molecule has 0 saturated heterocycles. The van der Waals surface area contributed by atoms with Crippen LogP contribution >= 0.6 is 40.3 Å². The first-order chi connectivity index (χ1) is 19.1. The van der Waals surface area contributed by atoms with Gasteiger partial charge in [-0.15, -0.1) is 12.6 Å². The molecule has 0 aliphatic heterocycles. The van der Waals surface area contributed by atoms with Crippen molar-refractivity contribution in [3.8, 4) is 0 Å². The van der Waals surface area contributed by atoms with Gasteiger partial charge in [-0.2, -0.15) is 26.3 Å². The summed E-state index contributed by atoms with van der Waals surface area (Å²) in [6.45, 7) is 0. The lowest BCUT2D eigenvalue weighted by Crippen LogP contribution is -2.03. The average molecular weight is 677 g/mol. The van der Waals surface area contributed by atoms with Crippen LogP contribution in [0.5, 0.6) is 0 Å². The topological polar surface area (TPSA) is 74.6 Å². The highest BCUT2D eigenvalue weighted by Crippen LogP contribution is 2.33. The number of rotatable bonds is 4. The van der Waals surface area contributed by atoms with Gasteiger partial charge in [0.25, 0.3) is 0 Å². The maximum atomic E-state index is 12.4. The predicted octanol–water partition coefficient (Wildman–Crippen LogP) is 9.70. The molecule has 0 aliphatic carbocycles. The maximum absolute atomic E-state index is 12.4. The molecular weight excluding hydrogens is 658 g/mol. The molecule has 0 heterocycles. The summed E-state index contributed by atoms with van der Waals surface area (Å²) >= 11 is 8.18. The lowest BCUT2D eigenvalue weighted by molar-refractivity contribution is -0.138. The van der Waals surface area contributed by atoms with Crippen LogP contribution < -0.4 is 0 Å². The summed E-state index contributed by atoms with van der Waals surface area (Å²) in [5, 5.41) is 17.4. The number of alkyl halides is 6. The number of carbonyl (C=O) groups is 2. The minimum Gasteiger partial charge on any atom is -0.478 e. The normalized spacial score (nSPS) is 10.9. The van der Waals surface area contributed by atoms with Crippen molar-refractivity contribution in [2.24, 2.45) is 0 Å². The van der Waals surface area contributed by atoms with E-state index in [9.17, 15) is 35.9 Å². The fourth-order valence-electron chi connectivity index (χ4n) is 2.83. The van der Waals surface area contributed by atoms with Crippen LogP contribution in [0, 0.1) is 0 Å². The van der Waals surface area contributed by atoms with Gasteiger partial charge in [-0.1, -0.05) is 30.0 Å². The van der Waals surface area contributed by atoms with Gasteiger partial charge in [-0.25, -0.2) is 9.59 Å². The zero-order chi connectivity index (χ0) is 30.8. The largest absolute Gasteiger partial charge is 0.478 e. The molecule has 4 nitrogen and oxygen atoms in total. The van der Waals surface area contributed by atoms with Crippen LogP contribution in [-0.4, -0.2) is 22.2 Å². The molecule has 2 N–H and O–H groups in total. The molecular formula is C28H19BrF6O4S2. The Labute approximate surface area is 248 Å². The van der Waals surface area contributed by atoms with Gasteiger partial charge in [0.2, 0.25) is 0 Å². The molecule has 0 aromatic heterocycles. The highest BCUT2D eigenvalue weighted by molar-refractivity contribution is 9.10. The molecule has 4 aromatic carbocycles. The quantitative estimate of drug-likeness (QED) is 0.148. The van der Waals surface area contributed by atoms with Crippen molar-refractivity contribution in [2.45, 2.75) is 27.0 Å². The molecule has 0 atom stereocenters. The number of carboxylic acid groups (broad SMARTS) is 2. The van der Waals surface area contributed by atoms with Crippen LogP contribution in [0.1, 0.15) is 31.8 Å². The molecule has 0 unspecified atom stereocenters. The van der Waals surface area contributed by atoms with Crippen molar-refractivity contribution in [1.82, 2.24) is 0 Å². The molecule has 41 heavy (non-hydrogen) atoms. The van der Waals surface area contributed by atoms with Gasteiger partial charge < -0.3 is 10.2 Å². The molecule has 216 valence electrons. The molecule has 0 spiro atoms. The Morgan fingerprint density at radius 1 is 0.659 bits per heavy atom. The van der Waals surface area contributed by atoms with E-state index in [2.05, 4.69) is 28.6 Å². The summed E-state index contributed by atoms with van der Waals surface area (Å²) in [6.07, 6.45) is -8.60. The minimum absolute atomic E-state index is 0.141. The van der Waals surface area contributed by atoms with Crippen LogP contribution in [0.25, 0.3) is 0 Å². The lowest BCUT2D eigenvalue weighted by atomic mass is 10.2. The van der Waals surface area contributed by atoms with Gasteiger partial charge in [0.15, 0.2) is 0 Å². The van der Waals surface area contributed by atoms with Crippen molar-refractivity contribution >= 4 is 52.3 Å². The zero-order valence-corrected chi connectivity index (χ0v) is 23.7. The number of thiol groups is 1. The van der Waals surface area contributed by atoms with Crippen molar-refractivity contribution in [1.29, 1.82) is 0 Å². The van der Waals surface area contributed by atoms with Gasteiger partial charge in [0.05, 0.1) is 22.3 Å². The first-order valence-corrected chi connectivity index (χ1v) is 13.2. The number of halogens is 7. The number of carboxylic acids is 2. The maximum Gasteiger partial charge on any atom is 0.416 e. The van der Waals surface area contributed by atoms with Crippen LogP contribution in [-0.2, 0) is 12.4 Å². The molecule has 0 bridgehead atoms. The van der Waals surface area contributed by atoms with Crippen LogP contribution in [0.3, 0.4) is 0 Å². The summed E-state index contributed by atoms with van der Waals surface area (Å²) < 4.78 is 73.5. The summed E-state index contributed by atoms with van der Waals surface area (Å²) in [4.78, 5) is 23.0. The van der Waals surface area contributed by atoms with Crippen molar-refractivity contribution in [3.63, 3.8) is 0 Å². The number of hydrogen-bond donors (Lipinski definition) is 3. The fraction of sp³-hybridized carbons (Fsp3) is 0.0714. The molecule has 0 radical (unpaired) electrons. The smallest absolute Gasteiger partial charge is 0.416 e. The van der Waals surface area contributed by atoms with E-state index >= 15 is 0 Å². The molecule has 4 rings (SSSR count). The average Bonchev–Trinajstić information content (AvgIpc) is 2.89. The molecule has 13 heteroatoms. The second-order valence-corrected chi connectivity index (χ2v) is 10.3. The Hall–Kier alpha value is -3.42. The van der Waals surface area contributed by atoms with E-state index in [0.717, 1.165) is 24.3 Å². The van der Waals surface area contributed by atoms with Gasteiger partial charge in [-0.3, -0.25) is 0 Å². The number of aromatic carboxylic acids is 2. The first kappa shape index (κ1) is 33.8. The van der Waals surface area contributed by atoms with Crippen LogP contribution in [0.15, 0.2) is 116 Å². The second kappa shape index (κ2) is 15.0. The summed E-state index contributed by atoms with van der Waals surface area (Å²) in [5.74, 6) is -1.95. The summed E-state index contributed by atoms with van der Waals surface area (Å²) in [7, 11) is 0. The first-order valence-electron chi connectivity index (χ1n) is 11.1. The van der Waals surface area contributed by atoms with E-state index in [1.807, 2.05) is 0 Å². The Kier molecular flexibility index (Phi) is 12.4. The molecule has 0 amide bonds. The Morgan fingerprint density at radius 3 is 1.61 bits per heavy atom. The predicted molar refractivity (Wildman–Crippen MR) is 149 cm³/mol. The monoisotopic (exact) mass is 676 g/mol. The Morgan fingerprint density at radius 2 is 1.17 bits per heavy atom. The van der Waals surface area contributed by atoms with Gasteiger partial charge >= 0.3 is 24.3 Å². The Balaban J connectivity index is 0.000000236. The van der Waals surface area contributed by atoms with E-state index in [-0.39, 0.29) is 5.56 Å². The number of benzene rings is 4. The summed E-state index contributed by atoms with van der Waals surface area (Å²) in [5.41, 5.74) is -0.916.